The Hall–Kier alpha value is -1.84. The fraction of sp³-hybridized carbons (Fsp3) is 0.188. The lowest BCUT2D eigenvalue weighted by molar-refractivity contribution is 0.619. The molecule has 3 aromatic rings. The Balaban J connectivity index is 2.19. The van der Waals surface area contributed by atoms with Gasteiger partial charge in [-0.2, -0.15) is 0 Å². The van der Waals surface area contributed by atoms with Crippen LogP contribution < -0.4 is 5.73 Å². The fourth-order valence-corrected chi connectivity index (χ4v) is 2.74. The third-order valence-corrected chi connectivity index (χ3v) is 3.81. The van der Waals surface area contributed by atoms with Crippen LogP contribution in [0.5, 0.6) is 0 Å². The lowest BCUT2D eigenvalue weighted by atomic mass is 10.1. The number of aromatic nitrogens is 2. The van der Waals surface area contributed by atoms with Crippen LogP contribution in [-0.2, 0) is 6.54 Å². The molecule has 0 aliphatic carbocycles. The number of hydrogen-bond acceptors (Lipinski definition) is 2. The number of nitrogens with two attached hydrogens (primary N) is 1. The zero-order valence-corrected chi connectivity index (χ0v) is 12.0. The molecule has 0 bridgehead atoms. The van der Waals surface area contributed by atoms with E-state index in [1.807, 2.05) is 36.4 Å². The molecule has 1 unspecified atom stereocenters. The van der Waals surface area contributed by atoms with Crippen LogP contribution in [0, 0.1) is 0 Å². The van der Waals surface area contributed by atoms with Crippen molar-refractivity contribution in [2.75, 3.05) is 0 Å². The number of nitrogens with zero attached hydrogens (tertiary/aromatic N) is 2. The summed E-state index contributed by atoms with van der Waals surface area (Å²) in [6, 6.07) is 16.3. The van der Waals surface area contributed by atoms with E-state index >= 15 is 0 Å². The van der Waals surface area contributed by atoms with Gasteiger partial charge in [0.2, 0.25) is 0 Å². The first-order chi connectivity index (χ1) is 9.70. The van der Waals surface area contributed by atoms with E-state index in [1.54, 1.807) is 0 Å². The van der Waals surface area contributed by atoms with Crippen molar-refractivity contribution >= 4 is 22.6 Å². The molecule has 2 aromatic carbocycles. The molecule has 0 fully saturated rings. The minimum Gasteiger partial charge on any atom is -0.324 e. The van der Waals surface area contributed by atoms with Gasteiger partial charge in [-0.25, -0.2) is 4.98 Å². The number of imidazole rings is 1. The molecular formula is C16H16ClN3. The molecule has 1 heterocycles. The minimum atomic E-state index is 0.181. The summed E-state index contributed by atoms with van der Waals surface area (Å²) in [5, 5.41) is 0.693. The summed E-state index contributed by atoms with van der Waals surface area (Å²) in [6.07, 6.45) is 0. The Labute approximate surface area is 123 Å². The van der Waals surface area contributed by atoms with E-state index < -0.39 is 0 Å². The maximum atomic E-state index is 6.04. The molecule has 1 aromatic heterocycles. The van der Waals surface area contributed by atoms with Crippen molar-refractivity contribution in [2.45, 2.75) is 19.5 Å². The standard InChI is InChI=1S/C16H16ClN3/c1-11(12-5-3-2-4-6-12)20-15-8-7-13(17)9-14(15)19-16(20)10-18/h2-9,11H,10,18H2,1H3. The molecule has 0 amide bonds. The molecule has 102 valence electrons. The topological polar surface area (TPSA) is 43.8 Å². The van der Waals surface area contributed by atoms with Gasteiger partial charge in [-0.15, -0.1) is 0 Å². The summed E-state index contributed by atoms with van der Waals surface area (Å²) in [6.45, 7) is 2.56. The first-order valence-electron chi connectivity index (χ1n) is 6.62. The summed E-state index contributed by atoms with van der Waals surface area (Å²) in [5.74, 6) is 0.874. The van der Waals surface area contributed by atoms with Crippen molar-refractivity contribution in [3.63, 3.8) is 0 Å². The van der Waals surface area contributed by atoms with Crippen LogP contribution in [0.25, 0.3) is 11.0 Å². The summed E-state index contributed by atoms with van der Waals surface area (Å²) in [5.41, 5.74) is 9.04. The molecule has 3 nitrogen and oxygen atoms in total. The highest BCUT2D eigenvalue weighted by molar-refractivity contribution is 6.31. The molecule has 0 aliphatic rings. The van der Waals surface area contributed by atoms with Crippen LogP contribution in [0.3, 0.4) is 0 Å². The molecule has 3 rings (SSSR count). The SMILES string of the molecule is CC(c1ccccc1)n1c(CN)nc2cc(Cl)ccc21. The van der Waals surface area contributed by atoms with Crippen LogP contribution in [0.4, 0.5) is 0 Å². The third-order valence-electron chi connectivity index (χ3n) is 3.58. The summed E-state index contributed by atoms with van der Waals surface area (Å²) < 4.78 is 2.18. The minimum absolute atomic E-state index is 0.181. The van der Waals surface area contributed by atoms with E-state index in [-0.39, 0.29) is 6.04 Å². The van der Waals surface area contributed by atoms with Gasteiger partial charge < -0.3 is 10.3 Å². The Morgan fingerprint density at radius 1 is 1.20 bits per heavy atom. The molecule has 0 spiro atoms. The van der Waals surface area contributed by atoms with Crippen molar-refractivity contribution in [1.82, 2.24) is 9.55 Å². The summed E-state index contributed by atoms with van der Waals surface area (Å²) >= 11 is 6.04. The highest BCUT2D eigenvalue weighted by Crippen LogP contribution is 2.27. The van der Waals surface area contributed by atoms with E-state index in [9.17, 15) is 0 Å². The lowest BCUT2D eigenvalue weighted by Gasteiger charge is -2.17. The van der Waals surface area contributed by atoms with E-state index in [0.717, 1.165) is 16.9 Å². The number of benzene rings is 2. The van der Waals surface area contributed by atoms with Crippen LogP contribution in [0.15, 0.2) is 48.5 Å². The Morgan fingerprint density at radius 3 is 2.65 bits per heavy atom. The molecule has 0 aliphatic heterocycles. The van der Waals surface area contributed by atoms with E-state index in [2.05, 4.69) is 28.6 Å². The van der Waals surface area contributed by atoms with Crippen molar-refractivity contribution < 1.29 is 0 Å². The van der Waals surface area contributed by atoms with Gasteiger partial charge in [0.05, 0.1) is 23.6 Å². The monoisotopic (exact) mass is 285 g/mol. The molecule has 0 radical (unpaired) electrons. The second-order valence-electron chi connectivity index (χ2n) is 4.82. The Kier molecular flexibility index (Phi) is 3.47. The van der Waals surface area contributed by atoms with E-state index in [1.165, 1.54) is 5.56 Å². The molecule has 0 saturated heterocycles. The van der Waals surface area contributed by atoms with Gasteiger partial charge in [0, 0.05) is 5.02 Å². The highest BCUT2D eigenvalue weighted by Gasteiger charge is 2.16. The zero-order chi connectivity index (χ0) is 14.1. The highest BCUT2D eigenvalue weighted by atomic mass is 35.5. The van der Waals surface area contributed by atoms with Crippen LogP contribution in [0.1, 0.15) is 24.4 Å². The van der Waals surface area contributed by atoms with Gasteiger partial charge in [-0.05, 0) is 30.7 Å². The molecule has 20 heavy (non-hydrogen) atoms. The van der Waals surface area contributed by atoms with Gasteiger partial charge in [0.15, 0.2) is 0 Å². The Morgan fingerprint density at radius 2 is 1.95 bits per heavy atom. The molecular weight excluding hydrogens is 270 g/mol. The summed E-state index contributed by atoms with van der Waals surface area (Å²) in [7, 11) is 0. The van der Waals surface area contributed by atoms with Gasteiger partial charge in [-0.1, -0.05) is 41.9 Å². The third kappa shape index (κ3) is 2.19. The zero-order valence-electron chi connectivity index (χ0n) is 11.3. The van der Waals surface area contributed by atoms with Crippen molar-refractivity contribution in [3.8, 4) is 0 Å². The maximum absolute atomic E-state index is 6.04. The normalized spacial score (nSPS) is 12.8. The first kappa shape index (κ1) is 13.2. The van der Waals surface area contributed by atoms with Crippen molar-refractivity contribution in [3.05, 3.63) is 64.9 Å². The fourth-order valence-electron chi connectivity index (χ4n) is 2.58. The largest absolute Gasteiger partial charge is 0.324 e. The number of hydrogen-bond donors (Lipinski definition) is 1. The average molecular weight is 286 g/mol. The predicted octanol–water partition coefficient (Wildman–Crippen LogP) is 3.76. The second-order valence-corrected chi connectivity index (χ2v) is 5.26. The Bertz CT molecular complexity index is 734. The van der Waals surface area contributed by atoms with Crippen LogP contribution in [-0.4, -0.2) is 9.55 Å². The van der Waals surface area contributed by atoms with E-state index in [0.29, 0.717) is 11.6 Å². The quantitative estimate of drug-likeness (QED) is 0.796. The number of fused-ring (bicyclic) bond motifs is 1. The van der Waals surface area contributed by atoms with Gasteiger partial charge in [0.1, 0.15) is 5.82 Å². The van der Waals surface area contributed by atoms with E-state index in [4.69, 9.17) is 17.3 Å². The maximum Gasteiger partial charge on any atom is 0.124 e. The lowest BCUT2D eigenvalue weighted by Crippen LogP contribution is -2.13. The van der Waals surface area contributed by atoms with Crippen molar-refractivity contribution in [2.24, 2.45) is 5.73 Å². The predicted molar refractivity (Wildman–Crippen MR) is 82.9 cm³/mol. The molecule has 2 N–H and O–H groups in total. The smallest absolute Gasteiger partial charge is 0.124 e. The van der Waals surface area contributed by atoms with Gasteiger partial charge >= 0.3 is 0 Å². The number of rotatable bonds is 3. The van der Waals surface area contributed by atoms with Gasteiger partial charge in [0.25, 0.3) is 0 Å². The average Bonchev–Trinajstić information content (AvgIpc) is 2.84. The van der Waals surface area contributed by atoms with Crippen LogP contribution >= 0.6 is 11.6 Å². The molecule has 0 saturated carbocycles. The van der Waals surface area contributed by atoms with Crippen molar-refractivity contribution in [1.29, 1.82) is 0 Å². The second kappa shape index (κ2) is 5.27. The first-order valence-corrected chi connectivity index (χ1v) is 7.00. The summed E-state index contributed by atoms with van der Waals surface area (Å²) in [4.78, 5) is 4.59. The molecule has 1 atom stereocenters. The van der Waals surface area contributed by atoms with Gasteiger partial charge in [-0.3, -0.25) is 0 Å². The number of halogens is 1. The molecule has 4 heteroatoms. The van der Waals surface area contributed by atoms with Crippen LogP contribution in [0.2, 0.25) is 5.02 Å².